The Morgan fingerprint density at radius 1 is 1.43 bits per heavy atom. The molecule has 0 aromatic heterocycles. The summed E-state index contributed by atoms with van der Waals surface area (Å²) in [6.45, 7) is 3.71. The molecule has 0 aliphatic heterocycles. The third-order valence-electron chi connectivity index (χ3n) is 2.11. The zero-order valence-corrected chi connectivity index (χ0v) is 9.40. The van der Waals surface area contributed by atoms with Crippen LogP contribution in [0.5, 0.6) is 0 Å². The van der Waals surface area contributed by atoms with Crippen molar-refractivity contribution in [3.8, 4) is 0 Å². The second kappa shape index (κ2) is 5.89. The molecule has 1 N–H and O–H groups in total. The number of rotatable bonds is 5. The highest BCUT2D eigenvalue weighted by atomic mass is 35.5. The van der Waals surface area contributed by atoms with Crippen molar-refractivity contribution in [3.05, 3.63) is 28.8 Å². The lowest BCUT2D eigenvalue weighted by Gasteiger charge is -2.09. The Morgan fingerprint density at radius 3 is 2.93 bits per heavy atom. The highest BCUT2D eigenvalue weighted by Gasteiger charge is 2.00. The van der Waals surface area contributed by atoms with E-state index in [1.54, 1.807) is 7.11 Å². The molecule has 0 unspecified atom stereocenters. The van der Waals surface area contributed by atoms with Crippen molar-refractivity contribution in [2.45, 2.75) is 13.3 Å². The van der Waals surface area contributed by atoms with Crippen molar-refractivity contribution < 1.29 is 4.74 Å². The summed E-state index contributed by atoms with van der Waals surface area (Å²) >= 11 is 5.99. The van der Waals surface area contributed by atoms with E-state index in [9.17, 15) is 0 Å². The second-order valence-corrected chi connectivity index (χ2v) is 3.59. The maximum atomic E-state index is 5.99. The number of halogens is 1. The fourth-order valence-corrected chi connectivity index (χ4v) is 1.41. The van der Waals surface area contributed by atoms with Gasteiger partial charge in [-0.15, -0.1) is 0 Å². The normalized spacial score (nSPS) is 10.2. The third kappa shape index (κ3) is 3.20. The van der Waals surface area contributed by atoms with E-state index in [4.69, 9.17) is 16.3 Å². The van der Waals surface area contributed by atoms with E-state index in [0.29, 0.717) is 0 Å². The number of nitrogens with one attached hydrogen (secondary N) is 1. The number of hydrogen-bond acceptors (Lipinski definition) is 2. The lowest BCUT2D eigenvalue weighted by atomic mass is 10.2. The molecule has 1 rings (SSSR count). The molecule has 0 spiro atoms. The Morgan fingerprint density at radius 2 is 2.21 bits per heavy atom. The Bertz CT molecular complexity index is 289. The predicted molar refractivity (Wildman–Crippen MR) is 61.2 cm³/mol. The summed E-state index contributed by atoms with van der Waals surface area (Å²) in [5.74, 6) is 0. The fourth-order valence-electron chi connectivity index (χ4n) is 1.24. The SMILES string of the molecule is COCCCNc1cccc(Cl)c1C. The van der Waals surface area contributed by atoms with Crippen LogP contribution in [0.3, 0.4) is 0 Å². The van der Waals surface area contributed by atoms with Crippen molar-refractivity contribution in [1.29, 1.82) is 0 Å². The lowest BCUT2D eigenvalue weighted by Crippen LogP contribution is -2.05. The third-order valence-corrected chi connectivity index (χ3v) is 2.52. The predicted octanol–water partition coefficient (Wildman–Crippen LogP) is 3.10. The largest absolute Gasteiger partial charge is 0.385 e. The first kappa shape index (κ1) is 11.3. The van der Waals surface area contributed by atoms with E-state index in [1.807, 2.05) is 25.1 Å². The highest BCUT2D eigenvalue weighted by molar-refractivity contribution is 6.31. The number of anilines is 1. The minimum absolute atomic E-state index is 0.784. The van der Waals surface area contributed by atoms with Crippen LogP contribution in [-0.2, 0) is 4.74 Å². The van der Waals surface area contributed by atoms with Gasteiger partial charge < -0.3 is 10.1 Å². The second-order valence-electron chi connectivity index (χ2n) is 3.19. The first-order valence-electron chi connectivity index (χ1n) is 4.73. The molecule has 0 bridgehead atoms. The standard InChI is InChI=1S/C11H16ClNO/c1-9-10(12)5-3-6-11(9)13-7-4-8-14-2/h3,5-6,13H,4,7-8H2,1-2H3. The van der Waals surface area contributed by atoms with Crippen LogP contribution < -0.4 is 5.32 Å². The van der Waals surface area contributed by atoms with E-state index >= 15 is 0 Å². The molecule has 3 heteroatoms. The number of benzene rings is 1. The molecule has 0 saturated heterocycles. The topological polar surface area (TPSA) is 21.3 Å². The minimum Gasteiger partial charge on any atom is -0.385 e. The highest BCUT2D eigenvalue weighted by Crippen LogP contribution is 2.22. The van der Waals surface area contributed by atoms with Crippen LogP contribution in [0.4, 0.5) is 5.69 Å². The summed E-state index contributed by atoms with van der Waals surface area (Å²) in [5.41, 5.74) is 2.21. The molecule has 0 radical (unpaired) electrons. The van der Waals surface area contributed by atoms with Crippen molar-refractivity contribution >= 4 is 17.3 Å². The lowest BCUT2D eigenvalue weighted by molar-refractivity contribution is 0.198. The average Bonchev–Trinajstić information content (AvgIpc) is 2.19. The summed E-state index contributed by atoms with van der Waals surface area (Å²) in [6, 6.07) is 5.89. The molecule has 1 aromatic carbocycles. The zero-order valence-electron chi connectivity index (χ0n) is 8.64. The Labute approximate surface area is 90.2 Å². The average molecular weight is 214 g/mol. The molecular formula is C11H16ClNO. The molecule has 78 valence electrons. The van der Waals surface area contributed by atoms with Crippen molar-refractivity contribution in [1.82, 2.24) is 0 Å². The minimum atomic E-state index is 0.784. The van der Waals surface area contributed by atoms with Crippen molar-refractivity contribution in [2.24, 2.45) is 0 Å². The van der Waals surface area contributed by atoms with Gasteiger partial charge in [0.05, 0.1) is 0 Å². The van der Waals surface area contributed by atoms with Crippen LogP contribution >= 0.6 is 11.6 Å². The van der Waals surface area contributed by atoms with Crippen LogP contribution in [0, 0.1) is 6.92 Å². The first-order valence-corrected chi connectivity index (χ1v) is 5.11. The Kier molecular flexibility index (Phi) is 4.77. The van der Waals surface area contributed by atoms with Gasteiger partial charge in [0, 0.05) is 31.0 Å². The molecule has 0 saturated carbocycles. The van der Waals surface area contributed by atoms with Gasteiger partial charge in [0.15, 0.2) is 0 Å². The van der Waals surface area contributed by atoms with Crippen LogP contribution in [0.15, 0.2) is 18.2 Å². The van der Waals surface area contributed by atoms with Crippen molar-refractivity contribution in [2.75, 3.05) is 25.6 Å². The summed E-state index contributed by atoms with van der Waals surface area (Å²) in [6.07, 6.45) is 1.00. The van der Waals surface area contributed by atoms with Crippen molar-refractivity contribution in [3.63, 3.8) is 0 Å². The van der Waals surface area contributed by atoms with Crippen LogP contribution in [0.25, 0.3) is 0 Å². The van der Waals surface area contributed by atoms with E-state index in [1.165, 1.54) is 0 Å². The van der Waals surface area contributed by atoms with Gasteiger partial charge in [-0.05, 0) is 31.0 Å². The van der Waals surface area contributed by atoms with Gasteiger partial charge in [-0.25, -0.2) is 0 Å². The number of hydrogen-bond donors (Lipinski definition) is 1. The molecule has 0 heterocycles. The molecule has 0 aliphatic carbocycles. The Balaban J connectivity index is 2.46. The number of methoxy groups -OCH3 is 1. The molecule has 0 atom stereocenters. The monoisotopic (exact) mass is 213 g/mol. The first-order chi connectivity index (χ1) is 6.75. The van der Waals surface area contributed by atoms with E-state index in [2.05, 4.69) is 5.32 Å². The van der Waals surface area contributed by atoms with E-state index < -0.39 is 0 Å². The quantitative estimate of drug-likeness (QED) is 0.759. The number of ether oxygens (including phenoxy) is 1. The van der Waals surface area contributed by atoms with Crippen LogP contribution in [-0.4, -0.2) is 20.3 Å². The fraction of sp³-hybridized carbons (Fsp3) is 0.455. The maximum absolute atomic E-state index is 5.99. The van der Waals surface area contributed by atoms with E-state index in [-0.39, 0.29) is 0 Å². The maximum Gasteiger partial charge on any atom is 0.0479 e. The Hall–Kier alpha value is -0.730. The summed E-state index contributed by atoms with van der Waals surface area (Å²) in [7, 11) is 1.71. The van der Waals surface area contributed by atoms with Gasteiger partial charge >= 0.3 is 0 Å². The molecule has 0 fully saturated rings. The van der Waals surface area contributed by atoms with Gasteiger partial charge in [-0.2, -0.15) is 0 Å². The smallest absolute Gasteiger partial charge is 0.0479 e. The molecule has 2 nitrogen and oxygen atoms in total. The van der Waals surface area contributed by atoms with E-state index in [0.717, 1.165) is 35.8 Å². The summed E-state index contributed by atoms with van der Waals surface area (Å²) in [5, 5.41) is 4.13. The van der Waals surface area contributed by atoms with Gasteiger partial charge in [-0.1, -0.05) is 17.7 Å². The zero-order chi connectivity index (χ0) is 10.4. The molecule has 0 amide bonds. The van der Waals surface area contributed by atoms with Crippen LogP contribution in [0.1, 0.15) is 12.0 Å². The molecule has 14 heavy (non-hydrogen) atoms. The molecule has 1 aromatic rings. The van der Waals surface area contributed by atoms with Crippen LogP contribution in [0.2, 0.25) is 5.02 Å². The summed E-state index contributed by atoms with van der Waals surface area (Å²) < 4.78 is 4.97. The van der Waals surface area contributed by atoms with Gasteiger partial charge in [0.1, 0.15) is 0 Å². The van der Waals surface area contributed by atoms with Gasteiger partial charge in [0.25, 0.3) is 0 Å². The molecule has 0 aliphatic rings. The summed E-state index contributed by atoms with van der Waals surface area (Å²) in [4.78, 5) is 0. The van der Waals surface area contributed by atoms with Gasteiger partial charge in [-0.3, -0.25) is 0 Å². The molecular weight excluding hydrogens is 198 g/mol. The van der Waals surface area contributed by atoms with Gasteiger partial charge in [0.2, 0.25) is 0 Å².